The van der Waals surface area contributed by atoms with Crippen molar-refractivity contribution in [2.24, 2.45) is 11.5 Å². The van der Waals surface area contributed by atoms with Crippen molar-refractivity contribution in [3.8, 4) is 0 Å². The van der Waals surface area contributed by atoms with Crippen molar-refractivity contribution in [2.75, 3.05) is 0 Å². The highest BCUT2D eigenvalue weighted by molar-refractivity contribution is 7.12. The first-order valence-electron chi connectivity index (χ1n) is 4.11. The summed E-state index contributed by atoms with van der Waals surface area (Å²) in [6.07, 6.45) is 0.223. The molecule has 0 aromatic carbocycles. The predicted molar refractivity (Wildman–Crippen MR) is 54.5 cm³/mol. The van der Waals surface area contributed by atoms with Crippen LogP contribution < -0.4 is 11.5 Å². The predicted octanol–water partition coefficient (Wildman–Crippen LogP) is 1.24. The van der Waals surface area contributed by atoms with Gasteiger partial charge in [-0.05, 0) is 25.5 Å². The summed E-state index contributed by atoms with van der Waals surface area (Å²) in [4.78, 5) is 12.9. The van der Waals surface area contributed by atoms with Crippen LogP contribution in [0.4, 0.5) is 0 Å². The lowest BCUT2D eigenvalue weighted by Gasteiger charge is -2.07. The summed E-state index contributed by atoms with van der Waals surface area (Å²) in [5.74, 6) is -0.349. The minimum atomic E-state index is -0.349. The lowest BCUT2D eigenvalue weighted by atomic mass is 10.1. The van der Waals surface area contributed by atoms with Gasteiger partial charge in [0.05, 0.1) is 0 Å². The van der Waals surface area contributed by atoms with Crippen LogP contribution in [0.1, 0.15) is 27.8 Å². The molecule has 0 radical (unpaired) electrons. The minimum Gasteiger partial charge on any atom is -0.370 e. The molecule has 1 heterocycles. The fourth-order valence-corrected chi connectivity index (χ4v) is 2.37. The Morgan fingerprint density at radius 3 is 2.62 bits per heavy atom. The molecule has 0 aliphatic rings. The second-order valence-corrected chi connectivity index (χ2v) is 4.47. The molecule has 0 saturated heterocycles. The largest absolute Gasteiger partial charge is 0.370 e. The first kappa shape index (κ1) is 10.2. The van der Waals surface area contributed by atoms with E-state index in [9.17, 15) is 4.79 Å². The summed E-state index contributed by atoms with van der Waals surface area (Å²) >= 11 is 1.63. The zero-order valence-corrected chi connectivity index (χ0v) is 8.65. The van der Waals surface area contributed by atoms with E-state index in [2.05, 4.69) is 6.07 Å². The molecule has 13 heavy (non-hydrogen) atoms. The van der Waals surface area contributed by atoms with Gasteiger partial charge in [-0.1, -0.05) is 0 Å². The van der Waals surface area contributed by atoms with Crippen LogP contribution >= 0.6 is 11.3 Å². The summed E-state index contributed by atoms with van der Waals surface area (Å²) in [6, 6.07) is 1.83. The monoisotopic (exact) mass is 198 g/mol. The van der Waals surface area contributed by atoms with Gasteiger partial charge in [-0.25, -0.2) is 0 Å². The number of hydrogen-bond acceptors (Lipinski definition) is 3. The number of primary amides is 1. The van der Waals surface area contributed by atoms with Crippen LogP contribution in [0.15, 0.2) is 6.07 Å². The molecule has 1 aromatic rings. The van der Waals surface area contributed by atoms with Gasteiger partial charge in [-0.15, -0.1) is 11.3 Å². The number of rotatable bonds is 3. The Hall–Kier alpha value is -0.870. The maximum absolute atomic E-state index is 10.6. The second kappa shape index (κ2) is 3.89. The SMILES string of the molecule is Cc1cc(C)c(C(N)CC(N)=O)s1. The Morgan fingerprint density at radius 1 is 1.62 bits per heavy atom. The van der Waals surface area contributed by atoms with Crippen molar-refractivity contribution >= 4 is 17.2 Å². The van der Waals surface area contributed by atoms with Crippen molar-refractivity contribution in [2.45, 2.75) is 26.3 Å². The molecule has 0 aliphatic carbocycles. The van der Waals surface area contributed by atoms with Crippen molar-refractivity contribution in [1.29, 1.82) is 0 Å². The number of thiophene rings is 1. The van der Waals surface area contributed by atoms with Crippen LogP contribution in [-0.4, -0.2) is 5.91 Å². The maximum Gasteiger partial charge on any atom is 0.219 e. The van der Waals surface area contributed by atoms with Gasteiger partial charge in [0.2, 0.25) is 5.91 Å². The Labute approximate surface area is 81.7 Å². The Bertz CT molecular complexity index is 319. The molecular weight excluding hydrogens is 184 g/mol. The standard InChI is InChI=1S/C9H14N2OS/c1-5-3-6(2)13-9(5)7(10)4-8(11)12/h3,7H,4,10H2,1-2H3,(H2,11,12). The summed E-state index contributed by atoms with van der Waals surface area (Å²) in [7, 11) is 0. The average Bonchev–Trinajstić information content (AvgIpc) is 2.28. The Morgan fingerprint density at radius 2 is 2.23 bits per heavy atom. The van der Waals surface area contributed by atoms with Gasteiger partial charge in [-0.2, -0.15) is 0 Å². The molecule has 1 amide bonds. The first-order chi connectivity index (χ1) is 6.00. The third kappa shape index (κ3) is 2.54. The van der Waals surface area contributed by atoms with Crippen LogP contribution in [0, 0.1) is 13.8 Å². The van der Waals surface area contributed by atoms with Gasteiger partial charge in [0.1, 0.15) is 0 Å². The van der Waals surface area contributed by atoms with Crippen LogP contribution in [0.2, 0.25) is 0 Å². The number of carbonyl (C=O) groups excluding carboxylic acids is 1. The van der Waals surface area contributed by atoms with Crippen LogP contribution in [-0.2, 0) is 4.79 Å². The molecular formula is C9H14N2OS. The number of nitrogens with two attached hydrogens (primary N) is 2. The topological polar surface area (TPSA) is 69.1 Å². The van der Waals surface area contributed by atoms with Gasteiger partial charge < -0.3 is 11.5 Å². The minimum absolute atomic E-state index is 0.223. The van der Waals surface area contributed by atoms with Crippen LogP contribution in [0.3, 0.4) is 0 Å². The quantitative estimate of drug-likeness (QED) is 0.767. The fourth-order valence-electron chi connectivity index (χ4n) is 1.34. The van der Waals surface area contributed by atoms with E-state index in [4.69, 9.17) is 11.5 Å². The van der Waals surface area contributed by atoms with E-state index < -0.39 is 0 Å². The molecule has 0 fully saturated rings. The van der Waals surface area contributed by atoms with Gasteiger partial charge in [0, 0.05) is 22.2 Å². The van der Waals surface area contributed by atoms with E-state index >= 15 is 0 Å². The summed E-state index contributed by atoms with van der Waals surface area (Å²) < 4.78 is 0. The smallest absolute Gasteiger partial charge is 0.219 e. The van der Waals surface area contributed by atoms with Gasteiger partial charge >= 0.3 is 0 Å². The van der Waals surface area contributed by atoms with E-state index in [1.165, 1.54) is 4.88 Å². The zero-order valence-electron chi connectivity index (χ0n) is 7.83. The van der Waals surface area contributed by atoms with E-state index in [1.54, 1.807) is 11.3 Å². The molecule has 1 aromatic heterocycles. The third-order valence-corrected chi connectivity index (χ3v) is 3.12. The molecule has 0 spiro atoms. The molecule has 0 aliphatic heterocycles. The van der Waals surface area contributed by atoms with Gasteiger partial charge in [-0.3, -0.25) is 4.79 Å². The molecule has 1 atom stereocenters. The third-order valence-electron chi connectivity index (χ3n) is 1.84. The summed E-state index contributed by atoms with van der Waals surface area (Å²) in [6.45, 7) is 4.03. The molecule has 72 valence electrons. The van der Waals surface area contributed by atoms with E-state index in [1.807, 2.05) is 13.8 Å². The highest BCUT2D eigenvalue weighted by atomic mass is 32.1. The molecule has 4 heteroatoms. The number of amides is 1. The Kier molecular flexibility index (Phi) is 3.06. The van der Waals surface area contributed by atoms with Crippen molar-refractivity contribution in [3.63, 3.8) is 0 Å². The number of hydrogen-bond donors (Lipinski definition) is 2. The highest BCUT2D eigenvalue weighted by Crippen LogP contribution is 2.27. The van der Waals surface area contributed by atoms with Crippen molar-refractivity contribution < 1.29 is 4.79 Å². The Balaban J connectivity index is 2.81. The molecule has 0 saturated carbocycles. The normalized spacial score (nSPS) is 12.8. The molecule has 0 bridgehead atoms. The lowest BCUT2D eigenvalue weighted by molar-refractivity contribution is -0.118. The molecule has 1 unspecified atom stereocenters. The van der Waals surface area contributed by atoms with E-state index in [0.29, 0.717) is 0 Å². The first-order valence-corrected chi connectivity index (χ1v) is 4.93. The molecule has 3 nitrogen and oxygen atoms in total. The summed E-state index contributed by atoms with van der Waals surface area (Å²) in [5.41, 5.74) is 12.0. The maximum atomic E-state index is 10.6. The van der Waals surface area contributed by atoms with Crippen molar-refractivity contribution in [3.05, 3.63) is 21.4 Å². The van der Waals surface area contributed by atoms with E-state index in [-0.39, 0.29) is 18.4 Å². The highest BCUT2D eigenvalue weighted by Gasteiger charge is 2.13. The summed E-state index contributed by atoms with van der Waals surface area (Å²) in [5, 5.41) is 0. The van der Waals surface area contributed by atoms with Gasteiger partial charge in [0.15, 0.2) is 0 Å². The van der Waals surface area contributed by atoms with Crippen LogP contribution in [0.25, 0.3) is 0 Å². The van der Waals surface area contributed by atoms with Crippen molar-refractivity contribution in [1.82, 2.24) is 0 Å². The number of carbonyl (C=O) groups is 1. The lowest BCUT2D eigenvalue weighted by Crippen LogP contribution is -2.20. The second-order valence-electron chi connectivity index (χ2n) is 3.18. The average molecular weight is 198 g/mol. The van der Waals surface area contributed by atoms with Crippen LogP contribution in [0.5, 0.6) is 0 Å². The fraction of sp³-hybridized carbons (Fsp3) is 0.444. The van der Waals surface area contributed by atoms with Gasteiger partial charge in [0.25, 0.3) is 0 Å². The number of aryl methyl sites for hydroxylation is 2. The zero-order chi connectivity index (χ0) is 10.0. The molecule has 1 rings (SSSR count). The van der Waals surface area contributed by atoms with E-state index in [0.717, 1.165) is 10.4 Å². The molecule has 4 N–H and O–H groups in total.